The van der Waals surface area contributed by atoms with Crippen LogP contribution in [0.3, 0.4) is 0 Å². The van der Waals surface area contributed by atoms with Crippen LogP contribution in [0.1, 0.15) is 30.1 Å². The average Bonchev–Trinajstić information content (AvgIpc) is 2.47. The van der Waals surface area contributed by atoms with Crippen molar-refractivity contribution in [2.45, 2.75) is 19.8 Å². The van der Waals surface area contributed by atoms with Crippen LogP contribution in [0, 0.1) is 5.92 Å². The molecule has 0 bridgehead atoms. The molecule has 3 N–H and O–H groups in total. The van der Waals surface area contributed by atoms with Crippen molar-refractivity contribution < 1.29 is 14.3 Å². The van der Waals surface area contributed by atoms with Crippen molar-refractivity contribution in [1.29, 1.82) is 0 Å². The predicted octanol–water partition coefficient (Wildman–Crippen LogP) is 2.28. The fraction of sp³-hybridized carbons (Fsp3) is 0.533. The van der Waals surface area contributed by atoms with E-state index in [9.17, 15) is 4.79 Å². The highest BCUT2D eigenvalue weighted by molar-refractivity contribution is 5.98. The number of rotatable bonds is 5. The maximum atomic E-state index is 11.8. The van der Waals surface area contributed by atoms with Crippen molar-refractivity contribution in [3.63, 3.8) is 0 Å². The Bertz CT molecular complexity index is 456. The fourth-order valence-corrected chi connectivity index (χ4v) is 2.33. The highest BCUT2D eigenvalue weighted by Gasteiger charge is 2.16. The van der Waals surface area contributed by atoms with Crippen LogP contribution in [0.4, 0.5) is 11.4 Å². The van der Waals surface area contributed by atoms with Crippen LogP contribution >= 0.6 is 0 Å². The molecule has 0 amide bonds. The number of hydrogen-bond donors (Lipinski definition) is 2. The van der Waals surface area contributed by atoms with Crippen LogP contribution in [0.15, 0.2) is 18.2 Å². The van der Waals surface area contributed by atoms with E-state index in [0.29, 0.717) is 23.8 Å². The summed E-state index contributed by atoms with van der Waals surface area (Å²) in [4.78, 5) is 11.8. The number of carbonyl (C=O) groups excluding carboxylic acids is 1. The molecule has 1 saturated heterocycles. The molecule has 0 radical (unpaired) electrons. The molecule has 1 atom stereocenters. The zero-order chi connectivity index (χ0) is 14.4. The number of benzene rings is 1. The van der Waals surface area contributed by atoms with Crippen LogP contribution in [-0.4, -0.2) is 32.3 Å². The Morgan fingerprint density at radius 2 is 2.40 bits per heavy atom. The number of hydrogen-bond acceptors (Lipinski definition) is 5. The van der Waals surface area contributed by atoms with Crippen molar-refractivity contribution in [1.82, 2.24) is 0 Å². The van der Waals surface area contributed by atoms with Crippen molar-refractivity contribution in [2.75, 3.05) is 37.4 Å². The first kappa shape index (κ1) is 14.7. The number of nitrogens with two attached hydrogens (primary N) is 1. The fourth-order valence-electron chi connectivity index (χ4n) is 2.33. The third-order valence-corrected chi connectivity index (χ3v) is 3.44. The second-order valence-electron chi connectivity index (χ2n) is 4.95. The molecule has 1 aliphatic heterocycles. The Kier molecular flexibility index (Phi) is 5.24. The van der Waals surface area contributed by atoms with E-state index < -0.39 is 0 Å². The third kappa shape index (κ3) is 3.63. The van der Waals surface area contributed by atoms with Gasteiger partial charge in [0.1, 0.15) is 0 Å². The van der Waals surface area contributed by atoms with E-state index in [2.05, 4.69) is 5.32 Å². The molecule has 20 heavy (non-hydrogen) atoms. The Balaban J connectivity index is 2.00. The number of esters is 1. The largest absolute Gasteiger partial charge is 0.462 e. The Morgan fingerprint density at radius 1 is 1.55 bits per heavy atom. The van der Waals surface area contributed by atoms with E-state index in [1.807, 2.05) is 12.1 Å². The molecular weight excluding hydrogens is 256 g/mol. The van der Waals surface area contributed by atoms with Gasteiger partial charge < -0.3 is 20.5 Å². The first-order chi connectivity index (χ1) is 9.72. The second-order valence-corrected chi connectivity index (χ2v) is 4.95. The molecular formula is C15H22N2O3. The number of para-hydroxylation sites is 1. The summed E-state index contributed by atoms with van der Waals surface area (Å²) in [6.45, 7) is 4.56. The maximum absolute atomic E-state index is 11.8. The highest BCUT2D eigenvalue weighted by atomic mass is 16.5. The van der Waals surface area contributed by atoms with E-state index in [0.717, 1.165) is 38.3 Å². The molecule has 1 aromatic rings. The lowest BCUT2D eigenvalue weighted by molar-refractivity contribution is 0.0527. The smallest absolute Gasteiger partial charge is 0.340 e. The van der Waals surface area contributed by atoms with E-state index in [4.69, 9.17) is 15.2 Å². The van der Waals surface area contributed by atoms with Crippen molar-refractivity contribution in [3.8, 4) is 0 Å². The Labute approximate surface area is 119 Å². The first-order valence-corrected chi connectivity index (χ1v) is 7.09. The van der Waals surface area contributed by atoms with E-state index in [1.165, 1.54) is 0 Å². The number of carbonyl (C=O) groups is 1. The average molecular weight is 278 g/mol. The summed E-state index contributed by atoms with van der Waals surface area (Å²) in [6, 6.07) is 5.37. The van der Waals surface area contributed by atoms with Gasteiger partial charge in [0.25, 0.3) is 0 Å². The Hall–Kier alpha value is -1.75. The molecule has 5 nitrogen and oxygen atoms in total. The van der Waals surface area contributed by atoms with Gasteiger partial charge in [-0.3, -0.25) is 0 Å². The molecule has 110 valence electrons. The molecule has 1 fully saturated rings. The van der Waals surface area contributed by atoms with Crippen LogP contribution < -0.4 is 11.1 Å². The molecule has 0 aromatic heterocycles. The highest BCUT2D eigenvalue weighted by Crippen LogP contribution is 2.24. The molecule has 1 unspecified atom stereocenters. The van der Waals surface area contributed by atoms with Gasteiger partial charge in [0, 0.05) is 13.2 Å². The number of nitrogen functional groups attached to an aromatic ring is 1. The van der Waals surface area contributed by atoms with Gasteiger partial charge in [-0.25, -0.2) is 4.79 Å². The van der Waals surface area contributed by atoms with Gasteiger partial charge in [0.15, 0.2) is 0 Å². The third-order valence-electron chi connectivity index (χ3n) is 3.44. The first-order valence-electron chi connectivity index (χ1n) is 7.09. The maximum Gasteiger partial charge on any atom is 0.340 e. The summed E-state index contributed by atoms with van der Waals surface area (Å²) in [5.41, 5.74) is 7.67. The summed E-state index contributed by atoms with van der Waals surface area (Å²) in [5.74, 6) is 0.115. The Morgan fingerprint density at radius 3 is 3.10 bits per heavy atom. The van der Waals surface area contributed by atoms with Crippen LogP contribution in [0.5, 0.6) is 0 Å². The van der Waals surface area contributed by atoms with Gasteiger partial charge >= 0.3 is 5.97 Å². The van der Waals surface area contributed by atoms with Crippen molar-refractivity contribution in [2.24, 2.45) is 5.92 Å². The van der Waals surface area contributed by atoms with E-state index in [-0.39, 0.29) is 5.97 Å². The standard InChI is InChI=1S/C15H22N2O3/c1-2-20-15(18)12-6-3-7-13(14(12)16)17-9-11-5-4-8-19-10-11/h3,6-7,11,17H,2,4-5,8-10,16H2,1H3. The SMILES string of the molecule is CCOC(=O)c1cccc(NCC2CCCOC2)c1N. The summed E-state index contributed by atoms with van der Waals surface area (Å²) in [7, 11) is 0. The van der Waals surface area contributed by atoms with Gasteiger partial charge in [0.05, 0.1) is 30.2 Å². The van der Waals surface area contributed by atoms with Gasteiger partial charge in [-0.1, -0.05) is 6.07 Å². The van der Waals surface area contributed by atoms with Crippen LogP contribution in [0.2, 0.25) is 0 Å². The zero-order valence-corrected chi connectivity index (χ0v) is 11.9. The van der Waals surface area contributed by atoms with Crippen molar-refractivity contribution >= 4 is 17.3 Å². The quantitative estimate of drug-likeness (QED) is 0.638. The lowest BCUT2D eigenvalue weighted by Gasteiger charge is -2.23. The van der Waals surface area contributed by atoms with E-state index in [1.54, 1.807) is 13.0 Å². The lowest BCUT2D eigenvalue weighted by atomic mass is 10.0. The van der Waals surface area contributed by atoms with Crippen molar-refractivity contribution in [3.05, 3.63) is 23.8 Å². The van der Waals surface area contributed by atoms with Gasteiger partial charge in [0.2, 0.25) is 0 Å². The molecule has 5 heteroatoms. The van der Waals surface area contributed by atoms with Crippen LogP contribution in [0.25, 0.3) is 0 Å². The summed E-state index contributed by atoms with van der Waals surface area (Å²) < 4.78 is 10.4. The van der Waals surface area contributed by atoms with Gasteiger partial charge in [-0.2, -0.15) is 0 Å². The molecule has 1 aliphatic rings. The van der Waals surface area contributed by atoms with Crippen LogP contribution in [-0.2, 0) is 9.47 Å². The molecule has 2 rings (SSSR count). The minimum absolute atomic E-state index is 0.343. The summed E-state index contributed by atoms with van der Waals surface area (Å²) in [5, 5.41) is 3.31. The number of ether oxygens (including phenoxy) is 2. The van der Waals surface area contributed by atoms with Gasteiger partial charge in [-0.05, 0) is 37.8 Å². The number of nitrogens with one attached hydrogen (secondary N) is 1. The normalized spacial score (nSPS) is 18.6. The second kappa shape index (κ2) is 7.14. The number of anilines is 2. The lowest BCUT2D eigenvalue weighted by Crippen LogP contribution is -2.24. The molecule has 0 spiro atoms. The predicted molar refractivity (Wildman–Crippen MR) is 78.8 cm³/mol. The molecule has 1 aromatic carbocycles. The summed E-state index contributed by atoms with van der Waals surface area (Å²) >= 11 is 0. The summed E-state index contributed by atoms with van der Waals surface area (Å²) in [6.07, 6.45) is 2.26. The molecule has 0 aliphatic carbocycles. The van der Waals surface area contributed by atoms with E-state index >= 15 is 0 Å². The minimum Gasteiger partial charge on any atom is -0.462 e. The zero-order valence-electron chi connectivity index (χ0n) is 11.9. The monoisotopic (exact) mass is 278 g/mol. The van der Waals surface area contributed by atoms with Gasteiger partial charge in [-0.15, -0.1) is 0 Å². The topological polar surface area (TPSA) is 73.6 Å². The molecule has 0 saturated carbocycles. The molecule has 1 heterocycles. The minimum atomic E-state index is -0.380.